The Morgan fingerprint density at radius 2 is 1.59 bits per heavy atom. The standard InChI is InChI=1S/C31H33N5O3/c1-4-34-14-16-35(17-15-34)30(37)24-10-12-25(13-11-24)33-29-28(39-27-19-22(2)18-23(3)20-27)21-32-36(31(29)38)26-8-6-5-7-9-26/h5-13,18-21,33H,4,14-17H2,1-3H3. The van der Waals surface area contributed by atoms with Crippen molar-refractivity contribution in [1.29, 1.82) is 0 Å². The fourth-order valence-corrected chi connectivity index (χ4v) is 4.79. The number of rotatable bonds is 7. The van der Waals surface area contributed by atoms with E-state index in [0.29, 0.717) is 28.4 Å². The summed E-state index contributed by atoms with van der Waals surface area (Å²) in [5.74, 6) is 0.955. The second-order valence-corrected chi connectivity index (χ2v) is 9.79. The van der Waals surface area contributed by atoms with E-state index >= 15 is 0 Å². The van der Waals surface area contributed by atoms with Gasteiger partial charge in [0.05, 0.1) is 11.9 Å². The first-order chi connectivity index (χ1) is 18.9. The fourth-order valence-electron chi connectivity index (χ4n) is 4.79. The molecule has 8 heteroatoms. The molecule has 39 heavy (non-hydrogen) atoms. The predicted molar refractivity (Wildman–Crippen MR) is 154 cm³/mol. The quantitative estimate of drug-likeness (QED) is 0.360. The molecule has 1 N–H and O–H groups in total. The average molecular weight is 524 g/mol. The molecule has 0 aliphatic carbocycles. The Balaban J connectivity index is 1.43. The molecule has 200 valence electrons. The Morgan fingerprint density at radius 1 is 0.923 bits per heavy atom. The summed E-state index contributed by atoms with van der Waals surface area (Å²) in [6, 6.07) is 22.3. The van der Waals surface area contributed by atoms with Crippen LogP contribution in [0.5, 0.6) is 11.5 Å². The molecule has 1 aliphatic heterocycles. The molecule has 0 radical (unpaired) electrons. The SMILES string of the molecule is CCN1CCN(C(=O)c2ccc(Nc3c(Oc4cc(C)cc(C)c4)cnn(-c4ccccc4)c3=O)cc2)CC1. The number of amides is 1. The van der Waals surface area contributed by atoms with E-state index in [4.69, 9.17) is 4.74 Å². The van der Waals surface area contributed by atoms with Crippen molar-refractivity contribution in [3.05, 3.63) is 106 Å². The second-order valence-electron chi connectivity index (χ2n) is 9.79. The van der Waals surface area contributed by atoms with Crippen LogP contribution >= 0.6 is 0 Å². The van der Waals surface area contributed by atoms with Gasteiger partial charge in [0.15, 0.2) is 11.4 Å². The van der Waals surface area contributed by atoms with E-state index in [-0.39, 0.29) is 17.2 Å². The Bertz CT molecular complexity index is 1490. The molecule has 1 amide bonds. The lowest BCUT2D eigenvalue weighted by Gasteiger charge is -2.34. The van der Waals surface area contributed by atoms with Crippen molar-refractivity contribution >= 4 is 17.3 Å². The van der Waals surface area contributed by atoms with E-state index in [1.807, 2.05) is 73.3 Å². The third-order valence-electron chi connectivity index (χ3n) is 6.87. The molecule has 0 atom stereocenters. The highest BCUT2D eigenvalue weighted by Gasteiger charge is 2.21. The number of para-hydroxylation sites is 1. The van der Waals surface area contributed by atoms with Gasteiger partial charge >= 0.3 is 0 Å². The highest BCUT2D eigenvalue weighted by Crippen LogP contribution is 2.30. The summed E-state index contributed by atoms with van der Waals surface area (Å²) in [6.07, 6.45) is 1.54. The van der Waals surface area contributed by atoms with E-state index < -0.39 is 0 Å². The maximum absolute atomic E-state index is 13.6. The number of carbonyl (C=O) groups is 1. The molecule has 1 saturated heterocycles. The van der Waals surface area contributed by atoms with Crippen molar-refractivity contribution in [2.45, 2.75) is 20.8 Å². The van der Waals surface area contributed by atoms with Crippen LogP contribution < -0.4 is 15.6 Å². The van der Waals surface area contributed by atoms with Crippen LogP contribution in [0.2, 0.25) is 0 Å². The van der Waals surface area contributed by atoms with Gasteiger partial charge in [-0.1, -0.05) is 31.2 Å². The summed E-state index contributed by atoms with van der Waals surface area (Å²) in [7, 11) is 0. The Morgan fingerprint density at radius 3 is 2.23 bits per heavy atom. The fraction of sp³-hybridized carbons (Fsp3) is 0.258. The zero-order valence-corrected chi connectivity index (χ0v) is 22.6. The molecular formula is C31H33N5O3. The number of ether oxygens (including phenoxy) is 1. The lowest BCUT2D eigenvalue weighted by molar-refractivity contribution is 0.0643. The van der Waals surface area contributed by atoms with Crippen molar-refractivity contribution in [3.8, 4) is 17.2 Å². The van der Waals surface area contributed by atoms with Crippen molar-refractivity contribution in [2.75, 3.05) is 38.0 Å². The number of aromatic nitrogens is 2. The molecule has 0 bridgehead atoms. The molecule has 0 saturated carbocycles. The summed E-state index contributed by atoms with van der Waals surface area (Å²) in [5.41, 5.74) is 3.94. The minimum Gasteiger partial charge on any atom is -0.453 e. The largest absolute Gasteiger partial charge is 0.453 e. The van der Waals surface area contributed by atoms with Crippen LogP contribution in [0.3, 0.4) is 0 Å². The second kappa shape index (κ2) is 11.5. The first-order valence-electron chi connectivity index (χ1n) is 13.2. The van der Waals surface area contributed by atoms with E-state index in [1.54, 1.807) is 18.3 Å². The Labute approximate surface area is 228 Å². The number of hydrogen-bond donors (Lipinski definition) is 1. The summed E-state index contributed by atoms with van der Waals surface area (Å²) in [6.45, 7) is 10.4. The number of aryl methyl sites for hydroxylation is 2. The minimum atomic E-state index is -0.350. The van der Waals surface area contributed by atoms with Crippen LogP contribution in [0, 0.1) is 13.8 Å². The van der Waals surface area contributed by atoms with Crippen LogP contribution in [0.4, 0.5) is 11.4 Å². The molecule has 4 aromatic rings. The van der Waals surface area contributed by atoms with E-state index in [2.05, 4.69) is 28.3 Å². The maximum Gasteiger partial charge on any atom is 0.299 e. The van der Waals surface area contributed by atoms with E-state index in [1.165, 1.54) is 4.68 Å². The van der Waals surface area contributed by atoms with Crippen LogP contribution in [-0.4, -0.2) is 58.2 Å². The van der Waals surface area contributed by atoms with Gasteiger partial charge in [0, 0.05) is 37.4 Å². The third-order valence-corrected chi connectivity index (χ3v) is 6.87. The zero-order valence-electron chi connectivity index (χ0n) is 22.6. The Hall–Kier alpha value is -4.43. The molecule has 2 heterocycles. The first kappa shape index (κ1) is 26.2. The number of nitrogens with one attached hydrogen (secondary N) is 1. The summed E-state index contributed by atoms with van der Waals surface area (Å²) in [4.78, 5) is 30.9. The molecule has 0 unspecified atom stereocenters. The number of benzene rings is 3. The Kier molecular flexibility index (Phi) is 7.74. The van der Waals surface area contributed by atoms with E-state index in [0.717, 1.165) is 43.9 Å². The topological polar surface area (TPSA) is 79.7 Å². The molecule has 3 aromatic carbocycles. The highest BCUT2D eigenvalue weighted by atomic mass is 16.5. The maximum atomic E-state index is 13.6. The average Bonchev–Trinajstić information content (AvgIpc) is 2.95. The molecule has 0 spiro atoms. The molecule has 5 rings (SSSR count). The van der Waals surface area contributed by atoms with Crippen LogP contribution in [0.1, 0.15) is 28.4 Å². The van der Waals surface area contributed by atoms with Crippen LogP contribution in [-0.2, 0) is 0 Å². The van der Waals surface area contributed by atoms with Crippen LogP contribution in [0.15, 0.2) is 83.8 Å². The first-order valence-corrected chi connectivity index (χ1v) is 13.2. The van der Waals surface area contributed by atoms with Gasteiger partial charge in [-0.05, 0) is 80.1 Å². The molecule has 1 aliphatic rings. The number of carbonyl (C=O) groups excluding carboxylic acids is 1. The lowest BCUT2D eigenvalue weighted by Crippen LogP contribution is -2.48. The molecule has 1 aromatic heterocycles. The number of anilines is 2. The molecular weight excluding hydrogens is 490 g/mol. The smallest absolute Gasteiger partial charge is 0.299 e. The van der Waals surface area contributed by atoms with Crippen molar-refractivity contribution in [2.24, 2.45) is 0 Å². The van der Waals surface area contributed by atoms with E-state index in [9.17, 15) is 9.59 Å². The van der Waals surface area contributed by atoms with Gasteiger partial charge in [-0.3, -0.25) is 9.59 Å². The summed E-state index contributed by atoms with van der Waals surface area (Å²) >= 11 is 0. The normalized spacial score (nSPS) is 13.8. The van der Waals surface area contributed by atoms with Gasteiger partial charge in [-0.2, -0.15) is 9.78 Å². The van der Waals surface area contributed by atoms with Gasteiger partial charge in [0.25, 0.3) is 11.5 Å². The van der Waals surface area contributed by atoms with Gasteiger partial charge in [-0.25, -0.2) is 0 Å². The number of hydrogen-bond acceptors (Lipinski definition) is 6. The third kappa shape index (κ3) is 6.02. The molecule has 1 fully saturated rings. The molecule has 8 nitrogen and oxygen atoms in total. The summed E-state index contributed by atoms with van der Waals surface area (Å²) < 4.78 is 7.51. The minimum absolute atomic E-state index is 0.0199. The highest BCUT2D eigenvalue weighted by molar-refractivity contribution is 5.94. The van der Waals surface area contributed by atoms with Gasteiger partial charge in [0.2, 0.25) is 0 Å². The van der Waals surface area contributed by atoms with Crippen molar-refractivity contribution in [3.63, 3.8) is 0 Å². The van der Waals surface area contributed by atoms with Crippen molar-refractivity contribution < 1.29 is 9.53 Å². The van der Waals surface area contributed by atoms with Crippen LogP contribution in [0.25, 0.3) is 5.69 Å². The van der Waals surface area contributed by atoms with Crippen molar-refractivity contribution in [1.82, 2.24) is 19.6 Å². The predicted octanol–water partition coefficient (Wildman–Crippen LogP) is 5.16. The number of nitrogens with zero attached hydrogens (tertiary/aromatic N) is 4. The van der Waals surface area contributed by atoms with Gasteiger partial charge in [0.1, 0.15) is 5.75 Å². The lowest BCUT2D eigenvalue weighted by atomic mass is 10.1. The van der Waals surface area contributed by atoms with Gasteiger partial charge in [-0.15, -0.1) is 0 Å². The monoisotopic (exact) mass is 523 g/mol. The summed E-state index contributed by atoms with van der Waals surface area (Å²) in [5, 5.41) is 7.61. The zero-order chi connectivity index (χ0) is 27.4. The van der Waals surface area contributed by atoms with Gasteiger partial charge < -0.3 is 19.9 Å². The number of piperazine rings is 1. The number of likely N-dealkylation sites (N-methyl/N-ethyl adjacent to an activating group) is 1.